The monoisotopic (exact) mass is 218 g/mol. The number of rotatable bonds is 1. The lowest BCUT2D eigenvalue weighted by atomic mass is 10.1. The zero-order valence-electron chi connectivity index (χ0n) is 6.06. The standard InChI is InChI=1S/C8H8BrFO/c1-2-5-3-4-6(11)8(10)7(5)9/h3-4,11H,2H2,1H3. The Balaban J connectivity index is 3.25. The molecule has 0 bridgehead atoms. The van der Waals surface area contributed by atoms with Gasteiger partial charge in [-0.15, -0.1) is 0 Å². The molecule has 0 heterocycles. The average Bonchev–Trinajstić information content (AvgIpc) is 2.01. The highest BCUT2D eigenvalue weighted by Crippen LogP contribution is 2.27. The van der Waals surface area contributed by atoms with Crippen molar-refractivity contribution in [1.82, 2.24) is 0 Å². The van der Waals surface area contributed by atoms with E-state index in [4.69, 9.17) is 5.11 Å². The molecule has 3 heteroatoms. The number of phenolic OH excluding ortho intramolecular Hbond substituents is 1. The predicted molar refractivity (Wildman–Crippen MR) is 45.1 cm³/mol. The first-order valence-corrected chi connectivity index (χ1v) is 4.12. The van der Waals surface area contributed by atoms with Crippen LogP contribution in [0.25, 0.3) is 0 Å². The van der Waals surface area contributed by atoms with Gasteiger partial charge in [0.05, 0.1) is 4.47 Å². The van der Waals surface area contributed by atoms with Crippen LogP contribution in [0.2, 0.25) is 0 Å². The van der Waals surface area contributed by atoms with E-state index in [-0.39, 0.29) is 5.75 Å². The number of halogens is 2. The molecule has 0 fully saturated rings. The molecule has 0 unspecified atom stereocenters. The number of hydrogen-bond acceptors (Lipinski definition) is 1. The van der Waals surface area contributed by atoms with E-state index in [1.165, 1.54) is 6.07 Å². The molecule has 0 spiro atoms. The minimum absolute atomic E-state index is 0.311. The Hall–Kier alpha value is -0.570. The summed E-state index contributed by atoms with van der Waals surface area (Å²) in [5.74, 6) is -0.890. The van der Waals surface area contributed by atoms with Gasteiger partial charge in [-0.1, -0.05) is 13.0 Å². The molecule has 1 rings (SSSR count). The molecule has 0 saturated carbocycles. The zero-order valence-corrected chi connectivity index (χ0v) is 7.65. The predicted octanol–water partition coefficient (Wildman–Crippen LogP) is 2.86. The minimum atomic E-state index is -0.579. The lowest BCUT2D eigenvalue weighted by Gasteiger charge is -2.02. The summed E-state index contributed by atoms with van der Waals surface area (Å²) in [4.78, 5) is 0. The van der Waals surface area contributed by atoms with Crippen molar-refractivity contribution < 1.29 is 9.50 Å². The number of aromatic hydroxyl groups is 1. The number of hydrogen-bond donors (Lipinski definition) is 1. The normalized spacial score (nSPS) is 10.1. The summed E-state index contributed by atoms with van der Waals surface area (Å²) >= 11 is 3.06. The van der Waals surface area contributed by atoms with Crippen molar-refractivity contribution in [3.05, 3.63) is 28.0 Å². The molecule has 0 aliphatic heterocycles. The van der Waals surface area contributed by atoms with E-state index in [1.807, 2.05) is 6.92 Å². The molecule has 0 aliphatic carbocycles. The summed E-state index contributed by atoms with van der Waals surface area (Å²) in [6.07, 6.45) is 0.748. The van der Waals surface area contributed by atoms with Crippen LogP contribution in [-0.2, 0) is 6.42 Å². The molecular weight excluding hydrogens is 211 g/mol. The van der Waals surface area contributed by atoms with Gasteiger partial charge in [0, 0.05) is 0 Å². The molecule has 0 amide bonds. The van der Waals surface area contributed by atoms with Crippen LogP contribution in [0.4, 0.5) is 4.39 Å². The van der Waals surface area contributed by atoms with Gasteiger partial charge in [0.25, 0.3) is 0 Å². The van der Waals surface area contributed by atoms with Gasteiger partial charge in [0.15, 0.2) is 11.6 Å². The fourth-order valence-electron chi connectivity index (χ4n) is 0.852. The molecule has 0 aromatic heterocycles. The van der Waals surface area contributed by atoms with Crippen LogP contribution in [0, 0.1) is 5.82 Å². The maximum Gasteiger partial charge on any atom is 0.179 e. The van der Waals surface area contributed by atoms with Crippen LogP contribution in [-0.4, -0.2) is 5.11 Å². The van der Waals surface area contributed by atoms with E-state index in [0.29, 0.717) is 4.47 Å². The van der Waals surface area contributed by atoms with E-state index in [0.717, 1.165) is 12.0 Å². The molecular formula is C8H8BrFO. The third-order valence-electron chi connectivity index (χ3n) is 1.52. The molecule has 1 nitrogen and oxygen atoms in total. The quantitative estimate of drug-likeness (QED) is 0.769. The highest BCUT2D eigenvalue weighted by Gasteiger charge is 2.07. The molecule has 1 N–H and O–H groups in total. The van der Waals surface area contributed by atoms with Gasteiger partial charge in [-0.2, -0.15) is 0 Å². The van der Waals surface area contributed by atoms with Crippen molar-refractivity contribution in [1.29, 1.82) is 0 Å². The van der Waals surface area contributed by atoms with E-state index in [2.05, 4.69) is 15.9 Å². The van der Waals surface area contributed by atoms with Crippen LogP contribution >= 0.6 is 15.9 Å². The molecule has 0 radical (unpaired) electrons. The molecule has 60 valence electrons. The van der Waals surface area contributed by atoms with Crippen molar-refractivity contribution in [3.63, 3.8) is 0 Å². The number of benzene rings is 1. The summed E-state index contributed by atoms with van der Waals surface area (Å²) in [7, 11) is 0. The van der Waals surface area contributed by atoms with Crippen LogP contribution in [0.3, 0.4) is 0 Å². The largest absolute Gasteiger partial charge is 0.505 e. The third-order valence-corrected chi connectivity index (χ3v) is 2.38. The number of aryl methyl sites for hydroxylation is 1. The molecule has 0 atom stereocenters. The topological polar surface area (TPSA) is 20.2 Å². The highest BCUT2D eigenvalue weighted by molar-refractivity contribution is 9.10. The first-order valence-electron chi connectivity index (χ1n) is 3.32. The second-order valence-corrected chi connectivity index (χ2v) is 3.02. The second-order valence-electron chi connectivity index (χ2n) is 2.23. The van der Waals surface area contributed by atoms with Gasteiger partial charge in [-0.05, 0) is 34.0 Å². The van der Waals surface area contributed by atoms with Gasteiger partial charge < -0.3 is 5.11 Å². The fourth-order valence-corrected chi connectivity index (χ4v) is 1.47. The maximum atomic E-state index is 12.9. The Morgan fingerprint density at radius 3 is 2.73 bits per heavy atom. The van der Waals surface area contributed by atoms with Crippen LogP contribution < -0.4 is 0 Å². The van der Waals surface area contributed by atoms with E-state index in [9.17, 15) is 4.39 Å². The Kier molecular flexibility index (Phi) is 2.49. The van der Waals surface area contributed by atoms with Crippen molar-refractivity contribution in [3.8, 4) is 5.75 Å². The van der Waals surface area contributed by atoms with E-state index < -0.39 is 5.82 Å². The van der Waals surface area contributed by atoms with Crippen molar-refractivity contribution in [2.45, 2.75) is 13.3 Å². The summed E-state index contributed by atoms with van der Waals surface area (Å²) in [5, 5.41) is 8.92. The highest BCUT2D eigenvalue weighted by atomic mass is 79.9. The number of phenols is 1. The summed E-state index contributed by atoms with van der Waals surface area (Å²) < 4.78 is 13.2. The molecule has 11 heavy (non-hydrogen) atoms. The van der Waals surface area contributed by atoms with Crippen molar-refractivity contribution in [2.75, 3.05) is 0 Å². The summed E-state index contributed by atoms with van der Waals surface area (Å²) in [5.41, 5.74) is 0.861. The fraction of sp³-hybridized carbons (Fsp3) is 0.250. The second kappa shape index (κ2) is 3.22. The van der Waals surface area contributed by atoms with E-state index in [1.54, 1.807) is 6.07 Å². The average molecular weight is 219 g/mol. The van der Waals surface area contributed by atoms with Gasteiger partial charge >= 0.3 is 0 Å². The SMILES string of the molecule is CCc1ccc(O)c(F)c1Br. The van der Waals surface area contributed by atoms with Gasteiger partial charge in [0.1, 0.15) is 0 Å². The van der Waals surface area contributed by atoms with Gasteiger partial charge in [-0.3, -0.25) is 0 Å². The smallest absolute Gasteiger partial charge is 0.179 e. The Bertz CT molecular complexity index is 273. The van der Waals surface area contributed by atoms with E-state index >= 15 is 0 Å². The van der Waals surface area contributed by atoms with Gasteiger partial charge in [0.2, 0.25) is 0 Å². The first-order chi connectivity index (χ1) is 5.16. The Morgan fingerprint density at radius 2 is 2.18 bits per heavy atom. The molecule has 0 aliphatic rings. The van der Waals surface area contributed by atoms with Crippen molar-refractivity contribution in [2.24, 2.45) is 0 Å². The lowest BCUT2D eigenvalue weighted by Crippen LogP contribution is -1.86. The molecule has 1 aromatic rings. The minimum Gasteiger partial charge on any atom is -0.505 e. The first kappa shape index (κ1) is 8.53. The van der Waals surface area contributed by atoms with Crippen LogP contribution in [0.1, 0.15) is 12.5 Å². The van der Waals surface area contributed by atoms with Crippen molar-refractivity contribution >= 4 is 15.9 Å². The summed E-state index contributed by atoms with van der Waals surface area (Å²) in [6, 6.07) is 3.06. The van der Waals surface area contributed by atoms with Crippen LogP contribution in [0.5, 0.6) is 5.75 Å². The molecule has 0 saturated heterocycles. The maximum absolute atomic E-state index is 12.9. The zero-order chi connectivity index (χ0) is 8.43. The Labute approximate surface area is 73.0 Å². The summed E-state index contributed by atoms with van der Waals surface area (Å²) in [6.45, 7) is 1.93. The third kappa shape index (κ3) is 1.53. The van der Waals surface area contributed by atoms with Gasteiger partial charge in [-0.25, -0.2) is 4.39 Å². The lowest BCUT2D eigenvalue weighted by molar-refractivity contribution is 0.430. The van der Waals surface area contributed by atoms with Crippen LogP contribution in [0.15, 0.2) is 16.6 Å². The Morgan fingerprint density at radius 1 is 1.55 bits per heavy atom. The molecule has 1 aromatic carbocycles.